The van der Waals surface area contributed by atoms with E-state index in [2.05, 4.69) is 15.5 Å². The van der Waals surface area contributed by atoms with Crippen molar-refractivity contribution in [3.63, 3.8) is 0 Å². The van der Waals surface area contributed by atoms with Crippen molar-refractivity contribution < 1.29 is 14.6 Å². The zero-order chi connectivity index (χ0) is 16.1. The minimum Gasteiger partial charge on any atom is -0.266 e. The number of hydrazone groups is 1. The number of nitrogens with zero attached hydrogens (tertiary/aromatic N) is 4. The maximum absolute atomic E-state index is 11.7. The van der Waals surface area contributed by atoms with Crippen LogP contribution >= 0.6 is 11.3 Å². The van der Waals surface area contributed by atoms with Crippen LogP contribution in [-0.4, -0.2) is 27.0 Å². The molecule has 0 aliphatic carbocycles. The molecule has 0 unspecified atom stereocenters. The fourth-order valence-corrected chi connectivity index (χ4v) is 2.04. The Balaban J connectivity index is 1.98. The lowest BCUT2D eigenvalue weighted by atomic mass is 10.3. The highest BCUT2D eigenvalue weighted by atomic mass is 32.1. The number of rotatable bonds is 5. The molecular weight excluding hydrogens is 314 g/mol. The van der Waals surface area contributed by atoms with E-state index in [0.717, 1.165) is 23.6 Å². The summed E-state index contributed by atoms with van der Waals surface area (Å²) < 4.78 is 0. The molecule has 0 saturated carbocycles. The van der Waals surface area contributed by atoms with Gasteiger partial charge < -0.3 is 0 Å². The maximum atomic E-state index is 11.7. The predicted molar refractivity (Wildman–Crippen MR) is 76.9 cm³/mol. The largest absolute Gasteiger partial charge is 0.324 e. The molecule has 11 heteroatoms. The molecule has 0 atom stereocenters. The van der Waals surface area contributed by atoms with E-state index in [-0.39, 0.29) is 16.4 Å². The van der Waals surface area contributed by atoms with E-state index in [0.29, 0.717) is 4.88 Å². The van der Waals surface area contributed by atoms with E-state index >= 15 is 0 Å². The topological polar surface area (TPSA) is 141 Å². The van der Waals surface area contributed by atoms with E-state index in [1.165, 1.54) is 24.4 Å². The highest BCUT2D eigenvalue weighted by Gasteiger charge is 2.11. The molecule has 0 aliphatic heterocycles. The summed E-state index contributed by atoms with van der Waals surface area (Å²) in [7, 11) is 0. The van der Waals surface area contributed by atoms with Crippen LogP contribution in [-0.2, 0) is 0 Å². The standard InChI is InChI=1S/C11H7N5O5S/c17-11(9-3-1-7(5-12-9)15(18)19)14-13-6-8-2-4-10(22-8)16(20)21/h1-6H,(H,14,17). The molecule has 0 fully saturated rings. The van der Waals surface area contributed by atoms with Crippen LogP contribution < -0.4 is 5.43 Å². The average Bonchev–Trinajstić information content (AvgIpc) is 2.96. The number of carbonyl (C=O) groups is 1. The summed E-state index contributed by atoms with van der Waals surface area (Å²) in [6.45, 7) is 0. The van der Waals surface area contributed by atoms with Gasteiger partial charge in [-0.05, 0) is 12.1 Å². The van der Waals surface area contributed by atoms with Gasteiger partial charge in [-0.3, -0.25) is 25.0 Å². The van der Waals surface area contributed by atoms with E-state index in [1.807, 2.05) is 0 Å². The van der Waals surface area contributed by atoms with Gasteiger partial charge in [-0.1, -0.05) is 11.3 Å². The van der Waals surface area contributed by atoms with E-state index in [1.54, 1.807) is 0 Å². The Bertz CT molecular complexity index is 754. The summed E-state index contributed by atoms with van der Waals surface area (Å²) >= 11 is 0.903. The third kappa shape index (κ3) is 3.67. The number of amides is 1. The summed E-state index contributed by atoms with van der Waals surface area (Å²) in [5, 5.41) is 24.6. The Morgan fingerprint density at radius 1 is 1.23 bits per heavy atom. The van der Waals surface area contributed by atoms with Gasteiger partial charge >= 0.3 is 5.00 Å². The number of pyridine rings is 1. The first-order chi connectivity index (χ1) is 10.5. The maximum Gasteiger partial charge on any atom is 0.324 e. The molecule has 0 radical (unpaired) electrons. The van der Waals surface area contributed by atoms with Crippen molar-refractivity contribution in [2.45, 2.75) is 0 Å². The SMILES string of the molecule is O=C(NN=Cc1ccc([N+](=O)[O-])s1)c1ccc([N+](=O)[O-])cn1. The molecule has 2 aromatic heterocycles. The minimum absolute atomic E-state index is 0.0372. The monoisotopic (exact) mass is 321 g/mol. The zero-order valence-electron chi connectivity index (χ0n) is 10.7. The molecule has 0 aromatic carbocycles. The van der Waals surface area contributed by atoms with Crippen LogP contribution in [0.2, 0.25) is 0 Å². The van der Waals surface area contributed by atoms with Gasteiger partial charge in [-0.25, -0.2) is 10.4 Å². The number of nitro groups is 2. The van der Waals surface area contributed by atoms with Gasteiger partial charge in [0.15, 0.2) is 0 Å². The number of hydrogen-bond donors (Lipinski definition) is 1. The number of nitrogens with one attached hydrogen (secondary N) is 1. The number of thiophene rings is 1. The second kappa shape index (κ2) is 6.49. The van der Waals surface area contributed by atoms with Gasteiger partial charge in [0.05, 0.1) is 20.9 Å². The lowest BCUT2D eigenvalue weighted by Gasteiger charge is -1.97. The van der Waals surface area contributed by atoms with Crippen LogP contribution in [0.25, 0.3) is 0 Å². The molecule has 10 nitrogen and oxygen atoms in total. The molecule has 0 bridgehead atoms. The first-order valence-corrected chi connectivity index (χ1v) is 6.47. The third-order valence-electron chi connectivity index (χ3n) is 2.34. The molecule has 0 spiro atoms. The summed E-state index contributed by atoms with van der Waals surface area (Å²) in [5.41, 5.74) is 1.90. The summed E-state index contributed by atoms with van der Waals surface area (Å²) in [6.07, 6.45) is 2.21. The Kier molecular flexibility index (Phi) is 4.48. The average molecular weight is 321 g/mol. The Morgan fingerprint density at radius 3 is 2.55 bits per heavy atom. The molecule has 22 heavy (non-hydrogen) atoms. The number of aromatic nitrogens is 1. The second-order valence-electron chi connectivity index (χ2n) is 3.79. The Morgan fingerprint density at radius 2 is 2.00 bits per heavy atom. The lowest BCUT2D eigenvalue weighted by Crippen LogP contribution is -2.18. The van der Waals surface area contributed by atoms with Crippen LogP contribution in [0.15, 0.2) is 35.6 Å². The Hall–Kier alpha value is -3.21. The van der Waals surface area contributed by atoms with Gasteiger partial charge in [-0.15, -0.1) is 0 Å². The van der Waals surface area contributed by atoms with E-state index in [9.17, 15) is 25.0 Å². The van der Waals surface area contributed by atoms with Crippen molar-refractivity contribution in [2.75, 3.05) is 0 Å². The van der Waals surface area contributed by atoms with Crippen LogP contribution in [0.4, 0.5) is 10.7 Å². The summed E-state index contributed by atoms with van der Waals surface area (Å²) in [5.74, 6) is -0.655. The highest BCUT2D eigenvalue weighted by Crippen LogP contribution is 2.22. The molecule has 2 aromatic rings. The summed E-state index contributed by atoms with van der Waals surface area (Å²) in [4.78, 5) is 35.6. The zero-order valence-corrected chi connectivity index (χ0v) is 11.5. The fourth-order valence-electron chi connectivity index (χ4n) is 1.35. The van der Waals surface area contributed by atoms with Crippen molar-refractivity contribution in [2.24, 2.45) is 5.10 Å². The molecule has 0 saturated heterocycles. The van der Waals surface area contributed by atoms with Crippen molar-refractivity contribution in [1.29, 1.82) is 0 Å². The van der Waals surface area contributed by atoms with Crippen LogP contribution in [0.1, 0.15) is 15.4 Å². The quantitative estimate of drug-likeness (QED) is 0.505. The third-order valence-corrected chi connectivity index (χ3v) is 3.31. The van der Waals surface area contributed by atoms with Crippen molar-refractivity contribution in [1.82, 2.24) is 10.4 Å². The molecule has 2 heterocycles. The van der Waals surface area contributed by atoms with Gasteiger partial charge in [0.25, 0.3) is 11.6 Å². The second-order valence-corrected chi connectivity index (χ2v) is 4.88. The summed E-state index contributed by atoms with van der Waals surface area (Å²) in [6, 6.07) is 5.15. The van der Waals surface area contributed by atoms with Crippen molar-refractivity contribution in [3.05, 3.63) is 61.3 Å². The van der Waals surface area contributed by atoms with Gasteiger partial charge in [0, 0.05) is 12.1 Å². The first kappa shape index (κ1) is 15.2. The predicted octanol–water partition coefficient (Wildman–Crippen LogP) is 1.72. The van der Waals surface area contributed by atoms with Gasteiger partial charge in [0.1, 0.15) is 11.9 Å². The normalized spacial score (nSPS) is 10.5. The molecule has 2 rings (SSSR count). The molecule has 112 valence electrons. The molecule has 1 amide bonds. The van der Waals surface area contributed by atoms with Crippen LogP contribution in [0, 0.1) is 20.2 Å². The number of carbonyl (C=O) groups excluding carboxylic acids is 1. The smallest absolute Gasteiger partial charge is 0.266 e. The first-order valence-electron chi connectivity index (χ1n) is 5.65. The van der Waals surface area contributed by atoms with Crippen molar-refractivity contribution >= 4 is 34.1 Å². The molecular formula is C11H7N5O5S. The number of hydrogen-bond acceptors (Lipinski definition) is 8. The van der Waals surface area contributed by atoms with E-state index in [4.69, 9.17) is 0 Å². The minimum atomic E-state index is -0.655. The Labute approximate surface area is 126 Å². The van der Waals surface area contributed by atoms with Crippen LogP contribution in [0.3, 0.4) is 0 Å². The molecule has 0 aliphatic rings. The van der Waals surface area contributed by atoms with Gasteiger partial charge in [0.2, 0.25) is 0 Å². The van der Waals surface area contributed by atoms with Crippen LogP contribution in [0.5, 0.6) is 0 Å². The fraction of sp³-hybridized carbons (Fsp3) is 0. The van der Waals surface area contributed by atoms with Gasteiger partial charge in [-0.2, -0.15) is 5.10 Å². The molecule has 1 N–H and O–H groups in total. The van der Waals surface area contributed by atoms with E-state index < -0.39 is 15.8 Å². The van der Waals surface area contributed by atoms with Crippen molar-refractivity contribution in [3.8, 4) is 0 Å². The highest BCUT2D eigenvalue weighted by molar-refractivity contribution is 7.16. The lowest BCUT2D eigenvalue weighted by molar-refractivity contribution is -0.385.